The zero-order valence-electron chi connectivity index (χ0n) is 13.6. The Hall–Kier alpha value is -1.80. The molecule has 1 amide bonds. The quantitative estimate of drug-likeness (QED) is 0.837. The van der Waals surface area contributed by atoms with Gasteiger partial charge in [0.2, 0.25) is 10.0 Å². The van der Waals surface area contributed by atoms with Crippen molar-refractivity contribution in [2.24, 2.45) is 0 Å². The molecule has 0 atom stereocenters. The van der Waals surface area contributed by atoms with Gasteiger partial charge in [-0.3, -0.25) is 4.79 Å². The highest BCUT2D eigenvalue weighted by molar-refractivity contribution is 7.89. The number of carbonyl (C=O) groups is 1. The molecule has 0 spiro atoms. The molecule has 1 aliphatic heterocycles. The van der Waals surface area contributed by atoms with Crippen molar-refractivity contribution >= 4 is 39.1 Å². The van der Waals surface area contributed by atoms with E-state index in [0.717, 1.165) is 0 Å². The van der Waals surface area contributed by atoms with Gasteiger partial charge < -0.3 is 10.0 Å². The van der Waals surface area contributed by atoms with Crippen LogP contribution in [0.5, 0.6) is 5.75 Å². The minimum Gasteiger partial charge on any atom is -0.508 e. The van der Waals surface area contributed by atoms with Crippen molar-refractivity contribution in [3.05, 3.63) is 58.1 Å². The topological polar surface area (TPSA) is 77.9 Å². The van der Waals surface area contributed by atoms with Crippen LogP contribution in [0.4, 0.5) is 0 Å². The summed E-state index contributed by atoms with van der Waals surface area (Å²) in [5.74, 6) is -0.120. The van der Waals surface area contributed by atoms with Crippen molar-refractivity contribution in [1.29, 1.82) is 0 Å². The lowest BCUT2D eigenvalue weighted by Gasteiger charge is -2.34. The van der Waals surface area contributed by atoms with Gasteiger partial charge in [-0.2, -0.15) is 4.31 Å². The van der Waals surface area contributed by atoms with Gasteiger partial charge in [-0.05, 0) is 42.5 Å². The van der Waals surface area contributed by atoms with Crippen LogP contribution in [0.25, 0.3) is 0 Å². The molecular weight excluding hydrogens is 399 g/mol. The molecule has 0 bridgehead atoms. The van der Waals surface area contributed by atoms with Gasteiger partial charge in [-0.1, -0.05) is 23.2 Å². The van der Waals surface area contributed by atoms with Crippen molar-refractivity contribution < 1.29 is 18.3 Å². The van der Waals surface area contributed by atoms with Crippen LogP contribution in [-0.2, 0) is 10.0 Å². The van der Waals surface area contributed by atoms with Crippen LogP contribution in [0.3, 0.4) is 0 Å². The lowest BCUT2D eigenvalue weighted by Crippen LogP contribution is -2.50. The average Bonchev–Trinajstić information content (AvgIpc) is 2.61. The van der Waals surface area contributed by atoms with E-state index in [1.54, 1.807) is 4.90 Å². The third kappa shape index (κ3) is 3.96. The number of carbonyl (C=O) groups excluding carboxylic acids is 1. The van der Waals surface area contributed by atoms with Crippen LogP contribution in [0.1, 0.15) is 10.4 Å². The van der Waals surface area contributed by atoms with Gasteiger partial charge in [0.15, 0.2) is 0 Å². The first-order valence-corrected chi connectivity index (χ1v) is 10.0. The number of nitrogens with zero attached hydrogens (tertiary/aromatic N) is 2. The predicted octanol–water partition coefficient (Wildman–Crippen LogP) is 2.85. The number of sulfonamides is 1. The first-order chi connectivity index (χ1) is 12.3. The van der Waals surface area contributed by atoms with E-state index in [-0.39, 0.29) is 52.8 Å². The Morgan fingerprint density at radius 2 is 1.46 bits per heavy atom. The summed E-state index contributed by atoms with van der Waals surface area (Å²) >= 11 is 11.8. The number of aromatic hydroxyl groups is 1. The summed E-state index contributed by atoms with van der Waals surface area (Å²) in [7, 11) is -3.73. The van der Waals surface area contributed by atoms with Gasteiger partial charge in [0.1, 0.15) is 5.75 Å². The van der Waals surface area contributed by atoms with Crippen molar-refractivity contribution in [2.75, 3.05) is 26.2 Å². The SMILES string of the molecule is O=C(c1ccc(O)cc1)N1CCN(S(=O)(=O)c2cc(Cl)cc(Cl)c2)CC1. The average molecular weight is 415 g/mol. The van der Waals surface area contributed by atoms with Gasteiger partial charge in [-0.15, -0.1) is 0 Å². The highest BCUT2D eigenvalue weighted by Gasteiger charge is 2.30. The second-order valence-electron chi connectivity index (χ2n) is 5.85. The summed E-state index contributed by atoms with van der Waals surface area (Å²) < 4.78 is 26.8. The van der Waals surface area contributed by atoms with E-state index in [0.29, 0.717) is 5.56 Å². The molecule has 9 heteroatoms. The van der Waals surface area contributed by atoms with Gasteiger partial charge in [0.25, 0.3) is 5.91 Å². The van der Waals surface area contributed by atoms with Crippen LogP contribution in [0.15, 0.2) is 47.4 Å². The predicted molar refractivity (Wildman–Crippen MR) is 99.2 cm³/mol. The van der Waals surface area contributed by atoms with E-state index in [9.17, 15) is 18.3 Å². The standard InChI is InChI=1S/C17H16Cl2N2O4S/c18-13-9-14(19)11-16(10-13)26(24,25)21-7-5-20(6-8-21)17(23)12-1-3-15(22)4-2-12/h1-4,9-11,22H,5-8H2. The van der Waals surface area contributed by atoms with Crippen LogP contribution < -0.4 is 0 Å². The molecule has 1 saturated heterocycles. The van der Waals surface area contributed by atoms with Gasteiger partial charge >= 0.3 is 0 Å². The molecular formula is C17H16Cl2N2O4S. The van der Waals surface area contributed by atoms with Crippen LogP contribution in [0, 0.1) is 0 Å². The lowest BCUT2D eigenvalue weighted by molar-refractivity contribution is 0.0698. The minimum atomic E-state index is -3.73. The first-order valence-electron chi connectivity index (χ1n) is 7.82. The fraction of sp³-hybridized carbons (Fsp3) is 0.235. The largest absolute Gasteiger partial charge is 0.508 e. The number of phenolic OH excluding ortho intramolecular Hbond substituents is 1. The molecule has 2 aromatic carbocycles. The van der Waals surface area contributed by atoms with E-state index in [4.69, 9.17) is 23.2 Å². The van der Waals surface area contributed by atoms with Crippen molar-refractivity contribution in [3.63, 3.8) is 0 Å². The monoisotopic (exact) mass is 414 g/mol. The van der Waals surface area contributed by atoms with Gasteiger partial charge in [0.05, 0.1) is 4.90 Å². The zero-order chi connectivity index (χ0) is 18.9. The zero-order valence-corrected chi connectivity index (χ0v) is 15.9. The third-order valence-corrected chi connectivity index (χ3v) is 6.43. The van der Waals surface area contributed by atoms with E-state index < -0.39 is 10.0 Å². The highest BCUT2D eigenvalue weighted by atomic mass is 35.5. The molecule has 2 aromatic rings. The summed E-state index contributed by atoms with van der Waals surface area (Å²) in [6.07, 6.45) is 0. The Kier molecular flexibility index (Phi) is 5.43. The summed E-state index contributed by atoms with van der Waals surface area (Å²) in [6.45, 7) is 0.896. The number of hydrogen-bond acceptors (Lipinski definition) is 4. The summed E-state index contributed by atoms with van der Waals surface area (Å²) in [6, 6.07) is 10.1. The smallest absolute Gasteiger partial charge is 0.253 e. The van der Waals surface area contributed by atoms with E-state index in [1.807, 2.05) is 0 Å². The Labute approximate surface area is 161 Å². The molecule has 26 heavy (non-hydrogen) atoms. The molecule has 138 valence electrons. The number of amides is 1. The lowest BCUT2D eigenvalue weighted by atomic mass is 10.2. The number of halogens is 2. The van der Waals surface area contributed by atoms with Crippen molar-refractivity contribution in [2.45, 2.75) is 4.90 Å². The van der Waals surface area contributed by atoms with E-state index in [2.05, 4.69) is 0 Å². The molecule has 0 radical (unpaired) electrons. The molecule has 1 aliphatic rings. The summed E-state index contributed by atoms with van der Waals surface area (Å²) in [5.41, 5.74) is 0.445. The molecule has 1 fully saturated rings. The first kappa shape index (κ1) is 19.0. The van der Waals surface area contributed by atoms with Gasteiger partial charge in [-0.25, -0.2) is 8.42 Å². The second kappa shape index (κ2) is 7.44. The Morgan fingerprint density at radius 3 is 2.00 bits per heavy atom. The maximum Gasteiger partial charge on any atom is 0.253 e. The number of phenols is 1. The molecule has 1 N–H and O–H groups in total. The Balaban J connectivity index is 1.71. The number of hydrogen-bond donors (Lipinski definition) is 1. The fourth-order valence-electron chi connectivity index (χ4n) is 2.74. The molecule has 3 rings (SSSR count). The highest BCUT2D eigenvalue weighted by Crippen LogP contribution is 2.25. The second-order valence-corrected chi connectivity index (χ2v) is 8.66. The van der Waals surface area contributed by atoms with Crippen LogP contribution in [0.2, 0.25) is 10.0 Å². The van der Waals surface area contributed by atoms with Crippen LogP contribution in [-0.4, -0.2) is 54.8 Å². The minimum absolute atomic E-state index is 0.0355. The molecule has 0 unspecified atom stereocenters. The molecule has 6 nitrogen and oxygen atoms in total. The molecule has 0 aliphatic carbocycles. The summed E-state index contributed by atoms with van der Waals surface area (Å²) in [4.78, 5) is 14.1. The van der Waals surface area contributed by atoms with Crippen LogP contribution >= 0.6 is 23.2 Å². The van der Waals surface area contributed by atoms with Crippen molar-refractivity contribution in [1.82, 2.24) is 9.21 Å². The number of benzene rings is 2. The maximum atomic E-state index is 12.8. The Morgan fingerprint density at radius 1 is 0.923 bits per heavy atom. The number of rotatable bonds is 3. The molecule has 0 saturated carbocycles. The summed E-state index contributed by atoms with van der Waals surface area (Å²) in [5, 5.41) is 9.80. The Bertz CT molecular complexity index is 904. The fourth-order valence-corrected chi connectivity index (χ4v) is 4.89. The molecule has 1 heterocycles. The third-order valence-electron chi connectivity index (χ3n) is 4.11. The normalized spacial score (nSPS) is 15.8. The van der Waals surface area contributed by atoms with Gasteiger partial charge in [0, 0.05) is 41.8 Å². The maximum absolute atomic E-state index is 12.8. The molecule has 0 aromatic heterocycles. The number of piperazine rings is 1. The van der Waals surface area contributed by atoms with E-state index in [1.165, 1.54) is 46.8 Å². The van der Waals surface area contributed by atoms with E-state index >= 15 is 0 Å². The van der Waals surface area contributed by atoms with Crippen molar-refractivity contribution in [3.8, 4) is 5.75 Å².